The van der Waals surface area contributed by atoms with Gasteiger partial charge in [-0.3, -0.25) is 4.79 Å². The van der Waals surface area contributed by atoms with Crippen molar-refractivity contribution in [2.24, 2.45) is 5.41 Å². The SMILES string of the molecule is COC(=O)C1(C2(c3sccc3C)COC2)CC1. The minimum atomic E-state index is -0.310. The highest BCUT2D eigenvalue weighted by Gasteiger charge is 2.69. The van der Waals surface area contributed by atoms with Crippen LogP contribution in [0.4, 0.5) is 0 Å². The summed E-state index contributed by atoms with van der Waals surface area (Å²) in [5.41, 5.74) is 0.849. The van der Waals surface area contributed by atoms with Gasteiger partial charge in [-0.2, -0.15) is 0 Å². The highest BCUT2D eigenvalue weighted by molar-refractivity contribution is 7.10. The summed E-state index contributed by atoms with van der Waals surface area (Å²) in [7, 11) is 1.48. The Morgan fingerprint density at radius 1 is 1.47 bits per heavy atom. The highest BCUT2D eigenvalue weighted by atomic mass is 32.1. The highest BCUT2D eigenvalue weighted by Crippen LogP contribution is 2.64. The van der Waals surface area contributed by atoms with Gasteiger partial charge in [-0.1, -0.05) is 0 Å². The fourth-order valence-corrected chi connectivity index (χ4v) is 4.19. The molecule has 0 spiro atoms. The minimum absolute atomic E-state index is 0.0615. The van der Waals surface area contributed by atoms with Gasteiger partial charge in [-0.15, -0.1) is 11.3 Å². The summed E-state index contributed by atoms with van der Waals surface area (Å²) >= 11 is 1.74. The fourth-order valence-electron chi connectivity index (χ4n) is 2.99. The van der Waals surface area contributed by atoms with Crippen LogP contribution < -0.4 is 0 Å². The fraction of sp³-hybridized carbons (Fsp3) is 0.615. The van der Waals surface area contributed by atoms with E-state index in [0.717, 1.165) is 12.8 Å². The van der Waals surface area contributed by atoms with Gasteiger partial charge in [-0.25, -0.2) is 0 Å². The maximum atomic E-state index is 12.1. The number of hydrogen-bond donors (Lipinski definition) is 0. The van der Waals surface area contributed by atoms with Crippen LogP contribution in [0.15, 0.2) is 11.4 Å². The van der Waals surface area contributed by atoms with Crippen molar-refractivity contribution in [1.29, 1.82) is 0 Å². The van der Waals surface area contributed by atoms with Crippen molar-refractivity contribution in [3.63, 3.8) is 0 Å². The molecule has 1 aromatic heterocycles. The van der Waals surface area contributed by atoms with E-state index in [4.69, 9.17) is 9.47 Å². The molecule has 3 nitrogen and oxygen atoms in total. The van der Waals surface area contributed by atoms with Gasteiger partial charge < -0.3 is 9.47 Å². The summed E-state index contributed by atoms with van der Waals surface area (Å²) < 4.78 is 10.4. The third-order valence-corrected chi connectivity index (χ3v) is 5.46. The van der Waals surface area contributed by atoms with Crippen LogP contribution in [-0.2, 0) is 19.7 Å². The molecule has 2 fully saturated rings. The molecule has 92 valence electrons. The van der Waals surface area contributed by atoms with E-state index < -0.39 is 0 Å². The van der Waals surface area contributed by atoms with E-state index in [1.54, 1.807) is 11.3 Å². The molecule has 3 rings (SSSR count). The lowest BCUT2D eigenvalue weighted by molar-refractivity contribution is -0.164. The molecule has 2 aliphatic rings. The van der Waals surface area contributed by atoms with Crippen LogP contribution in [0.5, 0.6) is 0 Å². The number of carbonyl (C=O) groups excluding carboxylic acids is 1. The van der Waals surface area contributed by atoms with Crippen molar-refractivity contribution in [2.45, 2.75) is 25.2 Å². The summed E-state index contributed by atoms with van der Waals surface area (Å²) in [5, 5.41) is 2.10. The molecule has 2 heterocycles. The number of aryl methyl sites for hydroxylation is 1. The van der Waals surface area contributed by atoms with Crippen LogP contribution in [0.1, 0.15) is 23.3 Å². The summed E-state index contributed by atoms with van der Waals surface area (Å²) in [5.74, 6) is -0.0615. The first kappa shape index (κ1) is 11.2. The van der Waals surface area contributed by atoms with Gasteiger partial charge >= 0.3 is 5.97 Å². The van der Waals surface area contributed by atoms with E-state index >= 15 is 0 Å². The van der Waals surface area contributed by atoms with Crippen LogP contribution in [0.25, 0.3) is 0 Å². The zero-order valence-electron chi connectivity index (χ0n) is 10.1. The van der Waals surface area contributed by atoms with Crippen molar-refractivity contribution in [3.8, 4) is 0 Å². The van der Waals surface area contributed by atoms with Gasteiger partial charge in [0.25, 0.3) is 0 Å². The average molecular weight is 252 g/mol. The molecule has 0 unspecified atom stereocenters. The molecule has 1 saturated heterocycles. The number of carbonyl (C=O) groups is 1. The van der Waals surface area contributed by atoms with Crippen LogP contribution in [-0.4, -0.2) is 26.3 Å². The lowest BCUT2D eigenvalue weighted by Crippen LogP contribution is -2.56. The van der Waals surface area contributed by atoms with E-state index in [0.29, 0.717) is 13.2 Å². The third-order valence-electron chi connectivity index (χ3n) is 4.24. The van der Waals surface area contributed by atoms with Crippen molar-refractivity contribution in [3.05, 3.63) is 21.9 Å². The lowest BCUT2D eigenvalue weighted by atomic mass is 9.68. The van der Waals surface area contributed by atoms with E-state index in [1.807, 2.05) is 0 Å². The molecule has 0 N–H and O–H groups in total. The molecule has 1 aliphatic carbocycles. The predicted molar refractivity (Wildman–Crippen MR) is 65.2 cm³/mol. The third kappa shape index (κ3) is 1.28. The van der Waals surface area contributed by atoms with Gasteiger partial charge in [-0.05, 0) is 36.8 Å². The van der Waals surface area contributed by atoms with Gasteiger partial charge in [0, 0.05) is 4.88 Å². The maximum absolute atomic E-state index is 12.1. The maximum Gasteiger partial charge on any atom is 0.312 e. The Bertz CT molecular complexity index is 455. The number of thiophene rings is 1. The number of esters is 1. The Morgan fingerprint density at radius 2 is 2.18 bits per heavy atom. The molecule has 1 aliphatic heterocycles. The Hall–Kier alpha value is -0.870. The largest absolute Gasteiger partial charge is 0.469 e. The number of hydrogen-bond acceptors (Lipinski definition) is 4. The first-order chi connectivity index (χ1) is 8.16. The summed E-state index contributed by atoms with van der Waals surface area (Å²) in [6.07, 6.45) is 1.86. The average Bonchev–Trinajstić information content (AvgIpc) is 2.96. The van der Waals surface area contributed by atoms with Gasteiger partial charge in [0.1, 0.15) is 0 Å². The Labute approximate surface area is 105 Å². The van der Waals surface area contributed by atoms with E-state index in [1.165, 1.54) is 17.6 Å². The second-order valence-electron chi connectivity index (χ2n) is 5.08. The quantitative estimate of drug-likeness (QED) is 0.774. The first-order valence-electron chi connectivity index (χ1n) is 5.87. The molecule has 0 aromatic carbocycles. The van der Waals surface area contributed by atoms with Crippen LogP contribution in [0.3, 0.4) is 0 Å². The van der Waals surface area contributed by atoms with Crippen molar-refractivity contribution < 1.29 is 14.3 Å². The Kier molecular flexibility index (Phi) is 2.35. The molecule has 0 bridgehead atoms. The zero-order valence-corrected chi connectivity index (χ0v) is 10.9. The zero-order chi connectivity index (χ0) is 12.1. The van der Waals surface area contributed by atoms with Crippen LogP contribution in [0.2, 0.25) is 0 Å². The molecule has 4 heteroatoms. The molecule has 1 saturated carbocycles. The summed E-state index contributed by atoms with van der Waals surface area (Å²) in [6.45, 7) is 3.42. The van der Waals surface area contributed by atoms with Crippen molar-refractivity contribution >= 4 is 17.3 Å². The number of rotatable bonds is 3. The number of methoxy groups -OCH3 is 1. The molecule has 0 atom stereocenters. The van der Waals surface area contributed by atoms with Crippen molar-refractivity contribution in [2.75, 3.05) is 20.3 Å². The predicted octanol–water partition coefficient (Wildman–Crippen LogP) is 2.28. The van der Waals surface area contributed by atoms with Gasteiger partial charge in [0.05, 0.1) is 31.2 Å². The first-order valence-corrected chi connectivity index (χ1v) is 6.75. The van der Waals surface area contributed by atoms with E-state index in [-0.39, 0.29) is 16.8 Å². The smallest absolute Gasteiger partial charge is 0.312 e. The molecular formula is C13H16O3S. The Morgan fingerprint density at radius 3 is 2.53 bits per heavy atom. The topological polar surface area (TPSA) is 35.5 Å². The van der Waals surface area contributed by atoms with E-state index in [2.05, 4.69) is 18.4 Å². The Balaban J connectivity index is 2.04. The molecule has 0 amide bonds. The summed E-state index contributed by atoms with van der Waals surface area (Å²) in [6, 6.07) is 2.12. The molecular weight excluding hydrogens is 236 g/mol. The lowest BCUT2D eigenvalue weighted by Gasteiger charge is -2.46. The van der Waals surface area contributed by atoms with Crippen molar-refractivity contribution in [1.82, 2.24) is 0 Å². The number of ether oxygens (including phenoxy) is 2. The molecule has 0 radical (unpaired) electrons. The van der Waals surface area contributed by atoms with Crippen LogP contribution in [0, 0.1) is 12.3 Å². The van der Waals surface area contributed by atoms with Gasteiger partial charge in [0.2, 0.25) is 0 Å². The molecule has 1 aromatic rings. The second-order valence-corrected chi connectivity index (χ2v) is 6.00. The monoisotopic (exact) mass is 252 g/mol. The molecule has 17 heavy (non-hydrogen) atoms. The van der Waals surface area contributed by atoms with Crippen LogP contribution >= 0.6 is 11.3 Å². The second kappa shape index (κ2) is 3.56. The standard InChI is InChI=1S/C13H16O3S/c1-9-3-6-17-10(9)13(7-16-8-13)12(4-5-12)11(14)15-2/h3,6H,4-5,7-8H2,1-2H3. The minimum Gasteiger partial charge on any atom is -0.469 e. The van der Waals surface area contributed by atoms with Gasteiger partial charge in [0.15, 0.2) is 0 Å². The summed E-state index contributed by atoms with van der Waals surface area (Å²) in [4.78, 5) is 13.4. The van der Waals surface area contributed by atoms with E-state index in [9.17, 15) is 4.79 Å². The normalized spacial score (nSPS) is 23.9.